The summed E-state index contributed by atoms with van der Waals surface area (Å²) in [5.74, 6) is -0.248. The molecule has 0 spiro atoms. The summed E-state index contributed by atoms with van der Waals surface area (Å²) in [6.07, 6.45) is 17.9. The molecule has 2 unspecified atom stereocenters. The average Bonchev–Trinajstić information content (AvgIpc) is 2.92. The van der Waals surface area contributed by atoms with Crippen molar-refractivity contribution in [3.05, 3.63) is 24.6 Å². The number of aliphatic imine (C=N–C) groups is 1. The zero-order chi connectivity index (χ0) is 17.8. The van der Waals surface area contributed by atoms with E-state index >= 15 is 0 Å². The van der Waals surface area contributed by atoms with Gasteiger partial charge >= 0.3 is 0 Å². The first-order chi connectivity index (χ1) is 11.5. The maximum Gasteiger partial charge on any atom is 0.209 e. The van der Waals surface area contributed by atoms with Crippen LogP contribution in [-0.4, -0.2) is 29.0 Å². The van der Waals surface area contributed by atoms with Crippen LogP contribution in [-0.2, 0) is 4.79 Å². The van der Waals surface area contributed by atoms with Crippen LogP contribution in [0.2, 0.25) is 0 Å². The maximum atomic E-state index is 11.1. The molecule has 24 heavy (non-hydrogen) atoms. The molecule has 0 fully saturated rings. The molecule has 1 heterocycles. The van der Waals surface area contributed by atoms with E-state index in [1.54, 1.807) is 12.4 Å². The van der Waals surface area contributed by atoms with Crippen molar-refractivity contribution in [1.29, 1.82) is 0 Å². The molecule has 1 aliphatic rings. The maximum absolute atomic E-state index is 11.1. The number of carbonyl (C=O) groups is 1. The predicted octanol–water partition coefficient (Wildman–Crippen LogP) is 2.83. The summed E-state index contributed by atoms with van der Waals surface area (Å²) in [6.45, 7) is 3.84. The van der Waals surface area contributed by atoms with E-state index in [1.165, 1.54) is 32.1 Å². The molecule has 2 N–H and O–H groups in total. The van der Waals surface area contributed by atoms with E-state index in [0.29, 0.717) is 0 Å². The summed E-state index contributed by atoms with van der Waals surface area (Å²) in [7, 11) is 0. The number of aliphatic carboxylic acids is 1. The van der Waals surface area contributed by atoms with Crippen molar-refractivity contribution in [1.82, 2.24) is 0 Å². The van der Waals surface area contributed by atoms with Gasteiger partial charge in [-0.15, -0.1) is 0 Å². The van der Waals surface area contributed by atoms with Crippen LogP contribution in [0, 0.1) is 0 Å². The van der Waals surface area contributed by atoms with Crippen LogP contribution in [0.25, 0.3) is 0 Å². The van der Waals surface area contributed by atoms with Gasteiger partial charge in [0, 0.05) is 13.3 Å². The van der Waals surface area contributed by atoms with Crippen molar-refractivity contribution in [3.8, 4) is 0 Å². The monoisotopic (exact) mass is 335 g/mol. The van der Waals surface area contributed by atoms with Crippen LogP contribution in [0.15, 0.2) is 29.5 Å². The average molecular weight is 335 g/mol. The second-order valence-corrected chi connectivity index (χ2v) is 6.58. The molecule has 2 atom stereocenters. The van der Waals surface area contributed by atoms with Gasteiger partial charge in [0.25, 0.3) is 0 Å². The lowest BCUT2D eigenvalue weighted by molar-refractivity contribution is -0.808. The highest BCUT2D eigenvalue weighted by molar-refractivity contribution is 5.81. The molecule has 1 aliphatic heterocycles. The second kappa shape index (κ2) is 11.2. The minimum atomic E-state index is -1.09. The Morgan fingerprint density at radius 1 is 1.25 bits per heavy atom. The summed E-state index contributed by atoms with van der Waals surface area (Å²) in [5, 5.41) is 11.1. The quantitative estimate of drug-likeness (QED) is 0.319. The SMILES string of the molecule is CC/C=C/CCCCCCCCC1=NC=C[N+]1(CC(=O)[O-])C(C)N. The van der Waals surface area contributed by atoms with Crippen molar-refractivity contribution < 1.29 is 14.4 Å². The van der Waals surface area contributed by atoms with Crippen molar-refractivity contribution in [2.45, 2.75) is 77.8 Å². The lowest BCUT2D eigenvalue weighted by atomic mass is 10.1. The van der Waals surface area contributed by atoms with E-state index in [9.17, 15) is 9.90 Å². The normalized spacial score (nSPS) is 21.4. The molecule has 136 valence electrons. The zero-order valence-corrected chi connectivity index (χ0v) is 15.2. The van der Waals surface area contributed by atoms with E-state index in [1.807, 2.05) is 6.92 Å². The lowest BCUT2D eigenvalue weighted by Crippen LogP contribution is -2.60. The largest absolute Gasteiger partial charge is 0.544 e. The molecule has 0 aromatic heterocycles. The summed E-state index contributed by atoms with van der Waals surface area (Å²) < 4.78 is 0.103. The highest BCUT2D eigenvalue weighted by Crippen LogP contribution is 2.23. The molecule has 0 radical (unpaired) electrons. The van der Waals surface area contributed by atoms with Gasteiger partial charge in [0.2, 0.25) is 5.84 Å². The van der Waals surface area contributed by atoms with Gasteiger partial charge in [-0.05, 0) is 25.7 Å². The Kier molecular flexibility index (Phi) is 9.57. The van der Waals surface area contributed by atoms with Gasteiger partial charge in [0.15, 0.2) is 0 Å². The van der Waals surface area contributed by atoms with E-state index in [2.05, 4.69) is 24.1 Å². The molecular weight excluding hydrogens is 302 g/mol. The molecule has 0 aromatic rings. The molecule has 1 rings (SSSR count). The summed E-state index contributed by atoms with van der Waals surface area (Å²) in [4.78, 5) is 15.4. The van der Waals surface area contributed by atoms with Crippen molar-refractivity contribution in [2.75, 3.05) is 6.54 Å². The number of hydrogen-bond donors (Lipinski definition) is 1. The molecule has 0 aromatic carbocycles. The first-order valence-corrected chi connectivity index (χ1v) is 9.25. The smallest absolute Gasteiger partial charge is 0.209 e. The van der Waals surface area contributed by atoms with E-state index in [4.69, 9.17) is 5.73 Å². The number of hydrogen-bond acceptors (Lipinski definition) is 4. The van der Waals surface area contributed by atoms with Gasteiger partial charge < -0.3 is 9.90 Å². The Balaban J connectivity index is 2.24. The number of allylic oxidation sites excluding steroid dienone is 2. The van der Waals surface area contributed by atoms with Crippen LogP contribution in [0.5, 0.6) is 0 Å². The second-order valence-electron chi connectivity index (χ2n) is 6.58. The number of carboxylic acid groups (broad SMARTS) is 1. The predicted molar refractivity (Wildman–Crippen MR) is 96.7 cm³/mol. The molecule has 0 bridgehead atoms. The molecule has 5 nitrogen and oxygen atoms in total. The van der Waals surface area contributed by atoms with Gasteiger partial charge in [-0.2, -0.15) is 0 Å². The first kappa shape index (κ1) is 20.6. The summed E-state index contributed by atoms with van der Waals surface area (Å²) in [6, 6.07) is 0. The van der Waals surface area contributed by atoms with Crippen LogP contribution in [0.1, 0.15) is 71.6 Å². The number of amidine groups is 1. The Hall–Kier alpha value is -1.46. The van der Waals surface area contributed by atoms with Gasteiger partial charge in [0.05, 0.1) is 12.2 Å². The fraction of sp³-hybridized carbons (Fsp3) is 0.684. The number of rotatable bonds is 13. The van der Waals surface area contributed by atoms with E-state index in [-0.39, 0.29) is 17.2 Å². The van der Waals surface area contributed by atoms with Crippen molar-refractivity contribution in [3.63, 3.8) is 0 Å². The molecule has 0 saturated heterocycles. The summed E-state index contributed by atoms with van der Waals surface area (Å²) >= 11 is 0. The zero-order valence-electron chi connectivity index (χ0n) is 15.2. The fourth-order valence-electron chi connectivity index (χ4n) is 3.11. The number of quaternary nitrogens is 1. The lowest BCUT2D eigenvalue weighted by Gasteiger charge is -2.36. The number of carbonyl (C=O) groups excluding carboxylic acids is 1. The number of nitrogens with zero attached hydrogens (tertiary/aromatic N) is 2. The fourth-order valence-corrected chi connectivity index (χ4v) is 3.11. The third-order valence-corrected chi connectivity index (χ3v) is 4.58. The highest BCUT2D eigenvalue weighted by Gasteiger charge is 2.38. The minimum absolute atomic E-state index is 0.103. The molecule has 5 heteroatoms. The number of unbranched alkanes of at least 4 members (excludes halogenated alkanes) is 6. The van der Waals surface area contributed by atoms with Gasteiger partial charge in [0.1, 0.15) is 18.9 Å². The molecule has 0 aliphatic carbocycles. The Morgan fingerprint density at radius 2 is 1.92 bits per heavy atom. The Bertz CT molecular complexity index is 469. The Labute approximate surface area is 146 Å². The summed E-state index contributed by atoms with van der Waals surface area (Å²) in [5.41, 5.74) is 6.03. The van der Waals surface area contributed by atoms with Gasteiger partial charge in [-0.3, -0.25) is 5.73 Å². The standard InChI is InChI=1S/C19H33N3O2/c1-3-4-5-6-7-8-9-10-11-12-13-18-21-14-15-22(18,17(2)20)16-19(23)24/h4-5,14-15,17H,3,6-13,16,20H2,1-2H3/b5-4+. The van der Waals surface area contributed by atoms with Gasteiger partial charge in [-0.1, -0.05) is 44.8 Å². The number of carboxylic acids is 1. The third-order valence-electron chi connectivity index (χ3n) is 4.58. The van der Waals surface area contributed by atoms with Crippen LogP contribution in [0.4, 0.5) is 0 Å². The molecule has 0 saturated carbocycles. The third kappa shape index (κ3) is 6.57. The first-order valence-electron chi connectivity index (χ1n) is 9.25. The number of nitrogens with two attached hydrogens (primary N) is 1. The van der Waals surface area contributed by atoms with E-state index < -0.39 is 5.97 Å². The van der Waals surface area contributed by atoms with Crippen molar-refractivity contribution in [2.24, 2.45) is 10.7 Å². The Morgan fingerprint density at radius 3 is 2.54 bits per heavy atom. The highest BCUT2D eigenvalue weighted by atomic mass is 16.4. The molecule has 0 amide bonds. The van der Waals surface area contributed by atoms with Crippen molar-refractivity contribution >= 4 is 11.8 Å². The van der Waals surface area contributed by atoms with Crippen LogP contribution < -0.4 is 10.8 Å². The topological polar surface area (TPSA) is 78.5 Å². The molecular formula is C19H33N3O2. The van der Waals surface area contributed by atoms with E-state index in [0.717, 1.165) is 31.5 Å². The minimum Gasteiger partial charge on any atom is -0.544 e. The van der Waals surface area contributed by atoms with Crippen LogP contribution >= 0.6 is 0 Å². The van der Waals surface area contributed by atoms with Crippen LogP contribution in [0.3, 0.4) is 0 Å². The van der Waals surface area contributed by atoms with Gasteiger partial charge in [-0.25, -0.2) is 9.48 Å².